The number of aliphatic hydroxyl groups excluding tert-OH is 1. The molecule has 1 fully saturated rings. The molecule has 1 saturated heterocycles. The van der Waals surface area contributed by atoms with Crippen molar-refractivity contribution in [2.75, 3.05) is 6.61 Å². The van der Waals surface area contributed by atoms with Crippen molar-refractivity contribution in [3.05, 3.63) is 57.7 Å². The van der Waals surface area contributed by atoms with Crippen LogP contribution in [0.1, 0.15) is 33.9 Å². The number of aromatic nitrogens is 2. The van der Waals surface area contributed by atoms with E-state index in [0.29, 0.717) is 0 Å². The molecule has 2 aromatic rings. The molecule has 14 heteroatoms. The van der Waals surface area contributed by atoms with Crippen LogP contribution in [0.2, 0.25) is 0 Å². The van der Waals surface area contributed by atoms with Gasteiger partial charge in [0, 0.05) is 12.3 Å². The van der Waals surface area contributed by atoms with Crippen LogP contribution in [-0.2, 0) is 23.4 Å². The van der Waals surface area contributed by atoms with Crippen molar-refractivity contribution in [3.8, 4) is 5.75 Å². The average molecular weight is 546 g/mol. The molecule has 0 radical (unpaired) electrons. The smallest absolute Gasteiger partial charge is 0.459 e. The van der Waals surface area contributed by atoms with E-state index < -0.39 is 62.1 Å². The van der Waals surface area contributed by atoms with Gasteiger partial charge in [-0.05, 0) is 52.0 Å². The van der Waals surface area contributed by atoms with Gasteiger partial charge in [0.2, 0.25) is 0 Å². The van der Waals surface area contributed by atoms with Gasteiger partial charge in [-0.15, -0.1) is 0 Å². The maximum atomic E-state index is 15.5. The molecular weight excluding hydrogens is 516 g/mol. The fraction of sp³-hybridized carbons (Fsp3) is 0.500. The Bertz CT molecular complexity index is 1220. The molecular formula is C22H29FN3O8PS. The number of alkyl halides is 1. The summed E-state index contributed by atoms with van der Waals surface area (Å²) < 4.78 is 52.0. The molecule has 6 atom stereocenters. The molecule has 2 unspecified atom stereocenters. The highest BCUT2D eigenvalue weighted by Gasteiger charge is 2.55. The van der Waals surface area contributed by atoms with E-state index in [1.165, 1.54) is 25.3 Å². The van der Waals surface area contributed by atoms with Gasteiger partial charge in [-0.1, -0.05) is 18.2 Å². The number of benzene rings is 1. The van der Waals surface area contributed by atoms with Crippen LogP contribution in [0.4, 0.5) is 4.39 Å². The summed E-state index contributed by atoms with van der Waals surface area (Å²) in [5, 5.41) is 13.1. The first kappa shape index (κ1) is 28.2. The summed E-state index contributed by atoms with van der Waals surface area (Å²) >= 11 is 5.08. The van der Waals surface area contributed by atoms with Crippen LogP contribution in [0.15, 0.2) is 47.4 Å². The van der Waals surface area contributed by atoms with Gasteiger partial charge >= 0.3 is 13.7 Å². The molecule has 0 spiro atoms. The van der Waals surface area contributed by atoms with Gasteiger partial charge in [-0.3, -0.25) is 23.7 Å². The summed E-state index contributed by atoms with van der Waals surface area (Å²) in [5.41, 5.74) is -2.83. The summed E-state index contributed by atoms with van der Waals surface area (Å²) in [4.78, 5) is 26.1. The van der Waals surface area contributed by atoms with Gasteiger partial charge in [0.25, 0.3) is 5.56 Å². The summed E-state index contributed by atoms with van der Waals surface area (Å²) in [5.74, 6) is -0.509. The second kappa shape index (κ2) is 11.3. The van der Waals surface area contributed by atoms with Crippen molar-refractivity contribution in [2.24, 2.45) is 0 Å². The Morgan fingerprint density at radius 2 is 2.00 bits per heavy atom. The van der Waals surface area contributed by atoms with Crippen LogP contribution in [0.3, 0.4) is 0 Å². The maximum Gasteiger partial charge on any atom is 0.459 e. The number of carbonyl (C=O) groups is 1. The Balaban J connectivity index is 1.80. The number of ether oxygens (including phenoxy) is 2. The molecule has 1 aromatic carbocycles. The van der Waals surface area contributed by atoms with E-state index in [0.717, 1.165) is 17.6 Å². The van der Waals surface area contributed by atoms with Crippen LogP contribution in [0.25, 0.3) is 0 Å². The highest BCUT2D eigenvalue weighted by Crippen LogP contribution is 2.47. The molecule has 198 valence electrons. The number of nitrogens with one attached hydrogen (secondary N) is 2. The molecule has 3 rings (SSSR count). The Morgan fingerprint density at radius 3 is 2.61 bits per heavy atom. The third-order valence-electron chi connectivity index (χ3n) is 5.26. The van der Waals surface area contributed by atoms with Crippen molar-refractivity contribution >= 4 is 25.9 Å². The first-order valence-corrected chi connectivity index (χ1v) is 13.1. The Morgan fingerprint density at radius 1 is 1.33 bits per heavy atom. The van der Waals surface area contributed by atoms with Gasteiger partial charge in [0.15, 0.2) is 16.7 Å². The fourth-order valence-electron chi connectivity index (χ4n) is 3.47. The highest BCUT2D eigenvalue weighted by atomic mass is 32.1. The second-order valence-corrected chi connectivity index (χ2v) is 10.8. The van der Waals surface area contributed by atoms with Crippen molar-refractivity contribution in [3.63, 3.8) is 0 Å². The van der Waals surface area contributed by atoms with E-state index >= 15 is 4.39 Å². The van der Waals surface area contributed by atoms with Crippen molar-refractivity contribution in [1.29, 1.82) is 0 Å². The molecule has 0 aliphatic carbocycles. The number of esters is 1. The lowest BCUT2D eigenvalue weighted by atomic mass is 9.99. The van der Waals surface area contributed by atoms with Gasteiger partial charge in [-0.2, -0.15) is 5.09 Å². The van der Waals surface area contributed by atoms with E-state index in [-0.39, 0.29) is 10.5 Å². The molecule has 3 N–H and O–H groups in total. The molecule has 36 heavy (non-hydrogen) atoms. The quantitative estimate of drug-likeness (QED) is 0.232. The zero-order valence-corrected chi connectivity index (χ0v) is 21.8. The van der Waals surface area contributed by atoms with E-state index in [1.54, 1.807) is 32.0 Å². The Labute approximate surface area is 212 Å². The number of aromatic amines is 1. The monoisotopic (exact) mass is 545 g/mol. The standard InChI is InChI=1S/C22H29FN3O8PS/c1-13(2)32-19(29)14(3)25-35(30,34-15-8-6-5-7-9-15)31-12-16-18(28)22(4,23)20(33-16)26-11-10-17(27)24-21(26)36/h5-11,13-14,16,18,20,28H,12H2,1-4H3,(H,25,30)(H,24,27,36)/t14-,16+,18?,20+,22+,35?/m0/s1. The number of hydrogen-bond donors (Lipinski definition) is 3. The van der Waals surface area contributed by atoms with Crippen LogP contribution in [-0.4, -0.2) is 57.3 Å². The van der Waals surface area contributed by atoms with E-state index in [2.05, 4.69) is 10.1 Å². The molecule has 0 bridgehead atoms. The summed E-state index contributed by atoms with van der Waals surface area (Å²) in [7, 11) is -4.26. The molecule has 2 heterocycles. The van der Waals surface area contributed by atoms with Crippen molar-refractivity contribution in [1.82, 2.24) is 14.6 Å². The van der Waals surface area contributed by atoms with E-state index in [9.17, 15) is 19.3 Å². The number of halogens is 1. The summed E-state index contributed by atoms with van der Waals surface area (Å²) in [6, 6.07) is 8.12. The lowest BCUT2D eigenvalue weighted by Gasteiger charge is -2.25. The number of para-hydroxylation sites is 1. The maximum absolute atomic E-state index is 15.5. The van der Waals surface area contributed by atoms with E-state index in [4.69, 9.17) is 30.7 Å². The minimum absolute atomic E-state index is 0.109. The van der Waals surface area contributed by atoms with E-state index in [1.807, 2.05) is 0 Å². The van der Waals surface area contributed by atoms with Crippen molar-refractivity contribution in [2.45, 2.75) is 63.9 Å². The predicted molar refractivity (Wildman–Crippen MR) is 130 cm³/mol. The number of H-pyrrole nitrogens is 1. The topological polar surface area (TPSA) is 141 Å². The molecule has 0 saturated carbocycles. The number of hydrogen-bond acceptors (Lipinski definition) is 9. The Kier molecular flexibility index (Phi) is 8.86. The molecule has 0 amide bonds. The third-order valence-corrected chi connectivity index (χ3v) is 7.21. The zero-order chi connectivity index (χ0) is 26.7. The lowest BCUT2D eigenvalue weighted by Crippen LogP contribution is -2.41. The third kappa shape index (κ3) is 6.67. The number of carbonyl (C=O) groups excluding carboxylic acids is 1. The summed E-state index contributed by atoms with van der Waals surface area (Å²) in [6.07, 6.45) is -3.59. The van der Waals surface area contributed by atoms with Gasteiger partial charge in [0.1, 0.15) is 24.0 Å². The average Bonchev–Trinajstić information content (AvgIpc) is 3.01. The van der Waals surface area contributed by atoms with Gasteiger partial charge < -0.3 is 19.1 Å². The molecule has 1 aliphatic rings. The van der Waals surface area contributed by atoms with Crippen LogP contribution < -0.4 is 15.2 Å². The molecule has 1 aromatic heterocycles. The van der Waals surface area contributed by atoms with Crippen LogP contribution >= 0.6 is 20.0 Å². The second-order valence-electron chi connectivity index (χ2n) is 8.67. The Hall–Kier alpha value is -2.41. The normalized spacial score (nSPS) is 26.4. The lowest BCUT2D eigenvalue weighted by molar-refractivity contribution is -0.149. The van der Waals surface area contributed by atoms with Crippen LogP contribution in [0, 0.1) is 4.77 Å². The zero-order valence-electron chi connectivity index (χ0n) is 20.1. The highest BCUT2D eigenvalue weighted by molar-refractivity contribution is 7.71. The molecule has 11 nitrogen and oxygen atoms in total. The van der Waals surface area contributed by atoms with Crippen LogP contribution in [0.5, 0.6) is 5.75 Å². The predicted octanol–water partition coefficient (Wildman–Crippen LogP) is 3.03. The number of nitrogens with zero attached hydrogens (tertiary/aromatic N) is 1. The number of aliphatic hydroxyl groups is 1. The number of rotatable bonds is 10. The molecule has 1 aliphatic heterocycles. The van der Waals surface area contributed by atoms with Gasteiger partial charge in [0.05, 0.1) is 12.7 Å². The first-order valence-electron chi connectivity index (χ1n) is 11.1. The van der Waals surface area contributed by atoms with Crippen molar-refractivity contribution < 1.29 is 37.4 Å². The minimum Gasteiger partial charge on any atom is -0.462 e. The fourth-order valence-corrected chi connectivity index (χ4v) is 5.23. The first-order chi connectivity index (χ1) is 16.8. The van der Waals surface area contributed by atoms with Gasteiger partial charge in [-0.25, -0.2) is 8.96 Å². The minimum atomic E-state index is -4.26. The summed E-state index contributed by atoms with van der Waals surface area (Å²) in [6.45, 7) is 5.29. The SMILES string of the molecule is CC(C)OC(=O)[C@H](C)NP(=O)(OC[C@H]1O[C@@H](n2ccc(=O)[nH]c2=S)[C@](C)(F)C1O)Oc1ccccc1. The largest absolute Gasteiger partial charge is 0.462 e.